The number of β-amino-alcohol motifs (C(OH)–C–C–N with tert-alkyl or cyclic N) is 1. The largest absolute Gasteiger partial charge is 0.497 e. The van der Waals surface area contributed by atoms with Gasteiger partial charge in [0, 0.05) is 38.4 Å². The zero-order chi connectivity index (χ0) is 20.1. The van der Waals surface area contributed by atoms with Crippen molar-refractivity contribution in [3.05, 3.63) is 53.1 Å². The second-order valence-corrected chi connectivity index (χ2v) is 7.68. The summed E-state index contributed by atoms with van der Waals surface area (Å²) in [5.41, 5.74) is 4.70. The second kappa shape index (κ2) is 9.30. The fourth-order valence-corrected chi connectivity index (χ4v) is 3.91. The Morgan fingerprint density at radius 1 is 0.964 bits per heavy atom. The highest BCUT2D eigenvalue weighted by atomic mass is 16.5. The van der Waals surface area contributed by atoms with Crippen molar-refractivity contribution in [1.82, 2.24) is 4.90 Å². The van der Waals surface area contributed by atoms with E-state index in [1.54, 1.807) is 7.11 Å². The van der Waals surface area contributed by atoms with Crippen LogP contribution < -0.4 is 14.4 Å². The molecule has 0 aliphatic carbocycles. The van der Waals surface area contributed by atoms with E-state index >= 15 is 0 Å². The molecule has 1 aliphatic heterocycles. The summed E-state index contributed by atoms with van der Waals surface area (Å²) in [7, 11) is 1.68. The topological polar surface area (TPSA) is 45.2 Å². The summed E-state index contributed by atoms with van der Waals surface area (Å²) in [6, 6.07) is 12.4. The van der Waals surface area contributed by atoms with Gasteiger partial charge in [-0.15, -0.1) is 0 Å². The molecule has 28 heavy (non-hydrogen) atoms. The fourth-order valence-electron chi connectivity index (χ4n) is 3.91. The normalized spacial score (nSPS) is 16.1. The molecule has 152 valence electrons. The molecule has 0 bridgehead atoms. The highest BCUT2D eigenvalue weighted by Gasteiger charge is 2.20. The molecule has 5 nitrogen and oxygen atoms in total. The average molecular weight is 385 g/mol. The van der Waals surface area contributed by atoms with Crippen molar-refractivity contribution >= 4 is 5.69 Å². The third-order valence-corrected chi connectivity index (χ3v) is 5.30. The van der Waals surface area contributed by atoms with Gasteiger partial charge in [0.25, 0.3) is 0 Å². The number of nitrogens with zero attached hydrogens (tertiary/aromatic N) is 2. The van der Waals surface area contributed by atoms with Gasteiger partial charge >= 0.3 is 0 Å². The minimum absolute atomic E-state index is 0.323. The monoisotopic (exact) mass is 384 g/mol. The molecule has 1 N–H and O–H groups in total. The van der Waals surface area contributed by atoms with Crippen molar-refractivity contribution in [3.63, 3.8) is 0 Å². The molecule has 2 aromatic rings. The second-order valence-electron chi connectivity index (χ2n) is 7.68. The van der Waals surface area contributed by atoms with Gasteiger partial charge in [0.15, 0.2) is 0 Å². The van der Waals surface area contributed by atoms with Crippen LogP contribution in [0.1, 0.15) is 16.7 Å². The Morgan fingerprint density at radius 3 is 2.14 bits per heavy atom. The molecule has 0 aromatic heterocycles. The summed E-state index contributed by atoms with van der Waals surface area (Å²) in [5, 5.41) is 10.4. The quantitative estimate of drug-likeness (QED) is 0.794. The molecule has 1 heterocycles. The Hall–Kier alpha value is -2.24. The molecule has 1 fully saturated rings. The minimum atomic E-state index is -0.493. The van der Waals surface area contributed by atoms with Crippen molar-refractivity contribution < 1.29 is 14.6 Å². The van der Waals surface area contributed by atoms with Crippen LogP contribution in [0.3, 0.4) is 0 Å². The third kappa shape index (κ3) is 5.18. The number of anilines is 1. The van der Waals surface area contributed by atoms with Crippen LogP contribution in [0.4, 0.5) is 5.69 Å². The van der Waals surface area contributed by atoms with Gasteiger partial charge in [0.2, 0.25) is 0 Å². The van der Waals surface area contributed by atoms with Gasteiger partial charge in [0.05, 0.1) is 7.11 Å². The predicted molar refractivity (Wildman–Crippen MR) is 114 cm³/mol. The van der Waals surface area contributed by atoms with Gasteiger partial charge < -0.3 is 19.5 Å². The van der Waals surface area contributed by atoms with E-state index < -0.39 is 6.10 Å². The molecule has 1 aliphatic rings. The Balaban J connectivity index is 1.45. The van der Waals surface area contributed by atoms with Crippen LogP contribution in [-0.2, 0) is 0 Å². The minimum Gasteiger partial charge on any atom is -0.497 e. The molecule has 1 saturated heterocycles. The summed E-state index contributed by atoms with van der Waals surface area (Å²) in [5.74, 6) is 1.78. The van der Waals surface area contributed by atoms with Gasteiger partial charge in [0.1, 0.15) is 24.2 Å². The molecule has 2 aromatic carbocycles. The number of hydrogen-bond donors (Lipinski definition) is 1. The molecule has 1 atom stereocenters. The number of piperazine rings is 1. The average Bonchev–Trinajstić information content (AvgIpc) is 2.68. The highest BCUT2D eigenvalue weighted by molar-refractivity contribution is 5.49. The van der Waals surface area contributed by atoms with Gasteiger partial charge in [-0.1, -0.05) is 17.7 Å². The highest BCUT2D eigenvalue weighted by Crippen LogP contribution is 2.25. The lowest BCUT2D eigenvalue weighted by Crippen LogP contribution is -2.49. The number of ether oxygens (including phenoxy) is 2. The number of rotatable bonds is 7. The predicted octanol–water partition coefficient (Wildman–Crippen LogP) is 3.18. The van der Waals surface area contributed by atoms with Crippen molar-refractivity contribution in [1.29, 1.82) is 0 Å². The number of methoxy groups -OCH3 is 1. The molecule has 3 rings (SSSR count). The smallest absolute Gasteiger partial charge is 0.125 e. The van der Waals surface area contributed by atoms with E-state index in [9.17, 15) is 5.11 Å². The summed E-state index contributed by atoms with van der Waals surface area (Å²) in [6.07, 6.45) is -0.493. The number of aliphatic hydroxyl groups excluding tert-OH is 1. The first-order chi connectivity index (χ1) is 13.5. The van der Waals surface area contributed by atoms with Gasteiger partial charge in [-0.05, 0) is 56.2 Å². The third-order valence-electron chi connectivity index (χ3n) is 5.30. The first-order valence-electron chi connectivity index (χ1n) is 9.96. The van der Waals surface area contributed by atoms with Crippen LogP contribution in [0.2, 0.25) is 0 Å². The maximum Gasteiger partial charge on any atom is 0.125 e. The summed E-state index contributed by atoms with van der Waals surface area (Å²) < 4.78 is 11.2. The maximum absolute atomic E-state index is 10.4. The van der Waals surface area contributed by atoms with E-state index in [0.29, 0.717) is 13.2 Å². The molecule has 0 unspecified atom stereocenters. The lowest BCUT2D eigenvalue weighted by atomic mass is 10.1. The van der Waals surface area contributed by atoms with E-state index in [1.165, 1.54) is 11.3 Å². The van der Waals surface area contributed by atoms with E-state index in [-0.39, 0.29) is 0 Å². The van der Waals surface area contributed by atoms with Crippen LogP contribution >= 0.6 is 0 Å². The van der Waals surface area contributed by atoms with Crippen LogP contribution in [0.5, 0.6) is 11.5 Å². The van der Waals surface area contributed by atoms with Crippen LogP contribution in [0.15, 0.2) is 36.4 Å². The molecule has 0 amide bonds. The number of benzene rings is 2. The van der Waals surface area contributed by atoms with E-state index in [4.69, 9.17) is 9.47 Å². The molecule has 5 heteroatoms. The van der Waals surface area contributed by atoms with Gasteiger partial charge in [-0.25, -0.2) is 0 Å². The Bertz CT molecular complexity index is 745. The summed E-state index contributed by atoms with van der Waals surface area (Å²) in [6.45, 7) is 10.9. The lowest BCUT2D eigenvalue weighted by molar-refractivity contribution is 0.0658. The lowest BCUT2D eigenvalue weighted by Gasteiger charge is -2.37. The summed E-state index contributed by atoms with van der Waals surface area (Å²) in [4.78, 5) is 4.68. The standard InChI is InChI=1S/C23H32N2O3/c1-17-13-18(2)23(19(3)14-17)28-16-21(26)15-24-9-11-25(12-10-24)20-5-7-22(27-4)8-6-20/h5-8,13-14,21,26H,9-12,15-16H2,1-4H3/t21-/m1/s1. The Kier molecular flexibility index (Phi) is 6.81. The zero-order valence-corrected chi connectivity index (χ0v) is 17.4. The van der Waals surface area contributed by atoms with Crippen molar-refractivity contribution in [2.75, 3.05) is 51.3 Å². The van der Waals surface area contributed by atoms with E-state index in [1.807, 2.05) is 12.1 Å². The first kappa shape index (κ1) is 20.5. The van der Waals surface area contributed by atoms with Crippen LogP contribution in [-0.4, -0.2) is 62.6 Å². The number of aryl methyl sites for hydroxylation is 3. The molecular weight excluding hydrogens is 352 g/mol. The first-order valence-corrected chi connectivity index (χ1v) is 9.96. The van der Waals surface area contributed by atoms with E-state index in [2.05, 4.69) is 54.8 Å². The Morgan fingerprint density at radius 2 is 1.57 bits per heavy atom. The molecule has 0 radical (unpaired) electrons. The van der Waals surface area contributed by atoms with Gasteiger partial charge in [-0.3, -0.25) is 4.90 Å². The SMILES string of the molecule is COc1ccc(N2CCN(C[C@@H](O)COc3c(C)cc(C)cc3C)CC2)cc1. The Labute approximate surface area is 168 Å². The fraction of sp³-hybridized carbons (Fsp3) is 0.478. The molecule has 0 saturated carbocycles. The number of hydrogen-bond acceptors (Lipinski definition) is 5. The van der Waals surface area contributed by atoms with Gasteiger partial charge in [-0.2, -0.15) is 0 Å². The van der Waals surface area contributed by atoms with E-state index in [0.717, 1.165) is 48.8 Å². The number of aliphatic hydroxyl groups is 1. The molecular formula is C23H32N2O3. The maximum atomic E-state index is 10.4. The van der Waals surface area contributed by atoms with Crippen LogP contribution in [0.25, 0.3) is 0 Å². The van der Waals surface area contributed by atoms with Crippen molar-refractivity contribution in [2.45, 2.75) is 26.9 Å². The summed E-state index contributed by atoms with van der Waals surface area (Å²) >= 11 is 0. The van der Waals surface area contributed by atoms with Crippen LogP contribution in [0, 0.1) is 20.8 Å². The zero-order valence-electron chi connectivity index (χ0n) is 17.4. The molecule has 0 spiro atoms. The van der Waals surface area contributed by atoms with Crippen molar-refractivity contribution in [2.24, 2.45) is 0 Å². The van der Waals surface area contributed by atoms with Crippen molar-refractivity contribution in [3.8, 4) is 11.5 Å².